The molecule has 0 unspecified atom stereocenters. The highest BCUT2D eigenvalue weighted by Crippen LogP contribution is 2.14. The minimum absolute atomic E-state index is 0.0351. The summed E-state index contributed by atoms with van der Waals surface area (Å²) in [6.07, 6.45) is 1.21. The zero-order valence-electron chi connectivity index (χ0n) is 12.2. The van der Waals surface area contributed by atoms with E-state index in [0.717, 1.165) is 18.7 Å². The Morgan fingerprint density at radius 1 is 1.05 bits per heavy atom. The molecule has 0 saturated carbocycles. The Morgan fingerprint density at radius 3 is 2.50 bits per heavy atom. The van der Waals surface area contributed by atoms with Gasteiger partial charge in [0.1, 0.15) is 0 Å². The van der Waals surface area contributed by atoms with E-state index in [-0.39, 0.29) is 11.8 Å². The molecule has 1 aromatic carbocycles. The number of amides is 2. The molecule has 1 rings (SSSR count). The summed E-state index contributed by atoms with van der Waals surface area (Å²) in [6, 6.07) is 7.34. The second-order valence-electron chi connectivity index (χ2n) is 4.43. The van der Waals surface area contributed by atoms with Crippen molar-refractivity contribution in [3.63, 3.8) is 0 Å². The standard InChI is InChI=1S/C15H23N3O2/c1-3-10-17-14(19)9-11-18-15(20)12-7-5-6-8-13(12)16-4-2/h5-8,16H,3-4,9-11H2,1-2H3,(H,17,19)(H,18,20). The second-order valence-corrected chi connectivity index (χ2v) is 4.43. The van der Waals surface area contributed by atoms with E-state index in [0.29, 0.717) is 25.1 Å². The molecule has 5 nitrogen and oxygen atoms in total. The number of rotatable bonds is 8. The predicted octanol–water partition coefficient (Wildman–Crippen LogP) is 1.76. The minimum atomic E-state index is -0.162. The lowest BCUT2D eigenvalue weighted by molar-refractivity contribution is -0.120. The molecule has 0 fully saturated rings. The molecule has 0 aliphatic heterocycles. The average Bonchev–Trinajstić information content (AvgIpc) is 2.46. The minimum Gasteiger partial charge on any atom is -0.385 e. The van der Waals surface area contributed by atoms with Crippen molar-refractivity contribution in [3.8, 4) is 0 Å². The first-order chi connectivity index (χ1) is 9.69. The first-order valence-corrected chi connectivity index (χ1v) is 7.06. The molecule has 0 bridgehead atoms. The van der Waals surface area contributed by atoms with Crippen molar-refractivity contribution >= 4 is 17.5 Å². The van der Waals surface area contributed by atoms with Crippen LogP contribution in [0.5, 0.6) is 0 Å². The van der Waals surface area contributed by atoms with Crippen molar-refractivity contribution < 1.29 is 9.59 Å². The third-order valence-electron chi connectivity index (χ3n) is 2.75. The number of hydrogen-bond acceptors (Lipinski definition) is 3. The van der Waals surface area contributed by atoms with Crippen LogP contribution in [0, 0.1) is 0 Å². The predicted molar refractivity (Wildman–Crippen MR) is 80.9 cm³/mol. The van der Waals surface area contributed by atoms with Crippen LogP contribution in [0.4, 0.5) is 5.69 Å². The fourth-order valence-electron chi connectivity index (χ4n) is 1.76. The zero-order valence-corrected chi connectivity index (χ0v) is 12.2. The zero-order chi connectivity index (χ0) is 14.8. The number of hydrogen-bond donors (Lipinski definition) is 3. The topological polar surface area (TPSA) is 70.2 Å². The Morgan fingerprint density at radius 2 is 1.80 bits per heavy atom. The summed E-state index contributed by atoms with van der Waals surface area (Å²) in [6.45, 7) is 5.75. The molecule has 2 amide bonds. The van der Waals surface area contributed by atoms with Crippen LogP contribution in [0.25, 0.3) is 0 Å². The van der Waals surface area contributed by atoms with Gasteiger partial charge in [0, 0.05) is 31.7 Å². The molecule has 0 saturated heterocycles. The van der Waals surface area contributed by atoms with Crippen LogP contribution >= 0.6 is 0 Å². The maximum atomic E-state index is 12.1. The normalized spacial score (nSPS) is 9.90. The van der Waals surface area contributed by atoms with Gasteiger partial charge in [0.05, 0.1) is 5.56 Å². The van der Waals surface area contributed by atoms with Crippen molar-refractivity contribution in [2.45, 2.75) is 26.7 Å². The van der Waals surface area contributed by atoms with E-state index in [4.69, 9.17) is 0 Å². The molecule has 0 spiro atoms. The number of para-hydroxylation sites is 1. The highest BCUT2D eigenvalue weighted by molar-refractivity contribution is 5.99. The molecule has 0 atom stereocenters. The average molecular weight is 277 g/mol. The van der Waals surface area contributed by atoms with Crippen molar-refractivity contribution in [1.29, 1.82) is 0 Å². The van der Waals surface area contributed by atoms with Crippen molar-refractivity contribution in [2.75, 3.05) is 25.0 Å². The van der Waals surface area contributed by atoms with Crippen molar-refractivity contribution in [1.82, 2.24) is 10.6 Å². The van der Waals surface area contributed by atoms with Crippen LogP contribution in [0.1, 0.15) is 37.0 Å². The van der Waals surface area contributed by atoms with Gasteiger partial charge in [-0.15, -0.1) is 0 Å². The first-order valence-electron chi connectivity index (χ1n) is 7.06. The lowest BCUT2D eigenvalue weighted by Crippen LogP contribution is -2.31. The van der Waals surface area contributed by atoms with Crippen LogP contribution in [-0.4, -0.2) is 31.4 Å². The van der Waals surface area contributed by atoms with Crippen LogP contribution in [0.3, 0.4) is 0 Å². The van der Waals surface area contributed by atoms with Crippen LogP contribution < -0.4 is 16.0 Å². The Hall–Kier alpha value is -2.04. The Bertz CT molecular complexity index is 446. The van der Waals surface area contributed by atoms with E-state index in [9.17, 15) is 9.59 Å². The van der Waals surface area contributed by atoms with Gasteiger partial charge >= 0.3 is 0 Å². The lowest BCUT2D eigenvalue weighted by Gasteiger charge is -2.11. The highest BCUT2D eigenvalue weighted by Gasteiger charge is 2.10. The van der Waals surface area contributed by atoms with Crippen molar-refractivity contribution in [2.24, 2.45) is 0 Å². The summed E-state index contributed by atoms with van der Waals surface area (Å²) < 4.78 is 0. The van der Waals surface area contributed by atoms with E-state index in [1.807, 2.05) is 32.0 Å². The summed E-state index contributed by atoms with van der Waals surface area (Å²) in [7, 11) is 0. The van der Waals surface area contributed by atoms with Gasteiger partial charge in [-0.1, -0.05) is 19.1 Å². The quantitative estimate of drug-likeness (QED) is 0.678. The van der Waals surface area contributed by atoms with Crippen LogP contribution in [0.15, 0.2) is 24.3 Å². The molecule has 0 aromatic heterocycles. The molecule has 1 aromatic rings. The summed E-state index contributed by atoms with van der Waals surface area (Å²) in [4.78, 5) is 23.5. The number of benzene rings is 1. The van der Waals surface area contributed by atoms with Gasteiger partial charge in [0.15, 0.2) is 0 Å². The van der Waals surface area contributed by atoms with Gasteiger partial charge in [-0.25, -0.2) is 0 Å². The third-order valence-corrected chi connectivity index (χ3v) is 2.75. The first kappa shape index (κ1) is 16.0. The lowest BCUT2D eigenvalue weighted by atomic mass is 10.1. The largest absolute Gasteiger partial charge is 0.385 e. The van der Waals surface area contributed by atoms with Crippen molar-refractivity contribution in [3.05, 3.63) is 29.8 Å². The fourth-order valence-corrected chi connectivity index (χ4v) is 1.76. The maximum absolute atomic E-state index is 12.1. The molecule has 5 heteroatoms. The maximum Gasteiger partial charge on any atom is 0.253 e. The number of carbonyl (C=O) groups is 2. The van der Waals surface area contributed by atoms with E-state index in [1.165, 1.54) is 0 Å². The summed E-state index contributed by atoms with van der Waals surface area (Å²) in [5, 5.41) is 8.68. The molecule has 110 valence electrons. The highest BCUT2D eigenvalue weighted by atomic mass is 16.2. The SMILES string of the molecule is CCCNC(=O)CCNC(=O)c1ccccc1NCC. The Balaban J connectivity index is 2.45. The van der Waals surface area contributed by atoms with E-state index >= 15 is 0 Å². The molecule has 0 radical (unpaired) electrons. The second kappa shape index (κ2) is 8.96. The monoisotopic (exact) mass is 277 g/mol. The number of nitrogens with one attached hydrogen (secondary N) is 3. The molecule has 20 heavy (non-hydrogen) atoms. The molecule has 0 aliphatic carbocycles. The van der Waals surface area contributed by atoms with Crippen LogP contribution in [-0.2, 0) is 4.79 Å². The molecule has 3 N–H and O–H groups in total. The van der Waals surface area contributed by atoms with Gasteiger partial charge < -0.3 is 16.0 Å². The third kappa shape index (κ3) is 5.30. The molecule has 0 aliphatic rings. The molecular weight excluding hydrogens is 254 g/mol. The van der Waals surface area contributed by atoms with Gasteiger partial charge in [0.2, 0.25) is 5.91 Å². The van der Waals surface area contributed by atoms with E-state index < -0.39 is 0 Å². The molecular formula is C15H23N3O2. The smallest absolute Gasteiger partial charge is 0.253 e. The van der Waals surface area contributed by atoms with Gasteiger partial charge in [-0.2, -0.15) is 0 Å². The van der Waals surface area contributed by atoms with Gasteiger partial charge in [-0.05, 0) is 25.5 Å². The summed E-state index contributed by atoms with van der Waals surface area (Å²) >= 11 is 0. The van der Waals surface area contributed by atoms with Gasteiger partial charge in [0.25, 0.3) is 5.91 Å². The van der Waals surface area contributed by atoms with E-state index in [1.54, 1.807) is 6.07 Å². The summed E-state index contributed by atoms with van der Waals surface area (Å²) in [5.74, 6) is -0.197. The molecule has 0 heterocycles. The van der Waals surface area contributed by atoms with E-state index in [2.05, 4.69) is 16.0 Å². The number of carbonyl (C=O) groups excluding carboxylic acids is 2. The van der Waals surface area contributed by atoms with Crippen LogP contribution in [0.2, 0.25) is 0 Å². The Labute approximate surface area is 120 Å². The Kier molecular flexibility index (Phi) is 7.17. The van der Waals surface area contributed by atoms with Gasteiger partial charge in [-0.3, -0.25) is 9.59 Å². The number of anilines is 1. The fraction of sp³-hybridized carbons (Fsp3) is 0.467. The summed E-state index contributed by atoms with van der Waals surface area (Å²) in [5.41, 5.74) is 1.41.